The second-order valence-corrected chi connectivity index (χ2v) is 13.9. The fourth-order valence-corrected chi connectivity index (χ4v) is 8.63. The van der Waals surface area contributed by atoms with Crippen LogP contribution in [-0.2, 0) is 12.0 Å². The van der Waals surface area contributed by atoms with Gasteiger partial charge in [0.15, 0.2) is 0 Å². The normalized spacial score (nSPS) is 13.9. The molecular formula is C46H34N4. The molecule has 6 aromatic carbocycles. The predicted molar refractivity (Wildman–Crippen MR) is 209 cm³/mol. The van der Waals surface area contributed by atoms with Gasteiger partial charge in [-0.05, 0) is 99.8 Å². The quantitative estimate of drug-likeness (QED) is 0.179. The van der Waals surface area contributed by atoms with E-state index in [1.807, 2.05) is 18.3 Å². The van der Waals surface area contributed by atoms with Crippen LogP contribution in [0.15, 0.2) is 151 Å². The molecule has 1 aliphatic carbocycles. The monoisotopic (exact) mass is 642 g/mol. The van der Waals surface area contributed by atoms with E-state index in [9.17, 15) is 0 Å². The zero-order chi connectivity index (χ0) is 33.6. The second kappa shape index (κ2) is 10.6. The van der Waals surface area contributed by atoms with Gasteiger partial charge in [-0.25, -0.2) is 4.98 Å². The van der Waals surface area contributed by atoms with E-state index in [2.05, 4.69) is 162 Å². The van der Waals surface area contributed by atoms with Gasteiger partial charge in [-0.1, -0.05) is 105 Å². The van der Waals surface area contributed by atoms with Gasteiger partial charge in [0.1, 0.15) is 5.82 Å². The third-order valence-corrected chi connectivity index (χ3v) is 11.0. The first-order valence-electron chi connectivity index (χ1n) is 17.2. The van der Waals surface area contributed by atoms with Crippen LogP contribution in [-0.4, -0.2) is 16.3 Å². The molecule has 0 fully saturated rings. The Bertz CT molecular complexity index is 2690. The number of fused-ring (bicyclic) bond motifs is 10. The highest BCUT2D eigenvalue weighted by Crippen LogP contribution is 2.51. The number of nitrogens with zero attached hydrogens (tertiary/aromatic N) is 4. The molecule has 0 radical (unpaired) electrons. The van der Waals surface area contributed by atoms with Gasteiger partial charge in [0, 0.05) is 40.2 Å². The smallest absolute Gasteiger partial charge is 0.138 e. The first-order chi connectivity index (χ1) is 24.5. The largest absolute Gasteiger partial charge is 0.335 e. The molecule has 0 atom stereocenters. The van der Waals surface area contributed by atoms with E-state index < -0.39 is 0 Å². The molecule has 10 rings (SSSR count). The van der Waals surface area contributed by atoms with Crippen LogP contribution in [0.3, 0.4) is 0 Å². The van der Waals surface area contributed by atoms with E-state index in [-0.39, 0.29) is 5.41 Å². The Morgan fingerprint density at radius 2 is 1.36 bits per heavy atom. The molecule has 3 heterocycles. The van der Waals surface area contributed by atoms with Crippen molar-refractivity contribution < 1.29 is 0 Å². The van der Waals surface area contributed by atoms with Crippen LogP contribution in [0.5, 0.6) is 0 Å². The topological polar surface area (TPSA) is 33.4 Å². The minimum Gasteiger partial charge on any atom is -0.335 e. The van der Waals surface area contributed by atoms with E-state index in [0.29, 0.717) is 0 Å². The Labute approximate surface area is 291 Å². The lowest BCUT2D eigenvalue weighted by Gasteiger charge is -2.34. The van der Waals surface area contributed by atoms with Gasteiger partial charge in [-0.15, -0.1) is 0 Å². The summed E-state index contributed by atoms with van der Waals surface area (Å²) in [6.07, 6.45) is 1.95. The number of rotatable bonds is 4. The number of para-hydroxylation sites is 4. The number of benzene rings is 6. The van der Waals surface area contributed by atoms with Gasteiger partial charge in [-0.2, -0.15) is 0 Å². The van der Waals surface area contributed by atoms with Gasteiger partial charge >= 0.3 is 0 Å². The van der Waals surface area contributed by atoms with Crippen molar-refractivity contribution in [1.82, 2.24) is 9.55 Å². The fourth-order valence-electron chi connectivity index (χ4n) is 8.63. The lowest BCUT2D eigenvalue weighted by molar-refractivity contribution is 0.660. The van der Waals surface area contributed by atoms with Crippen LogP contribution in [0.2, 0.25) is 0 Å². The number of hydrogen-bond acceptors (Lipinski definition) is 3. The van der Waals surface area contributed by atoms with Crippen molar-refractivity contribution >= 4 is 45.6 Å². The van der Waals surface area contributed by atoms with Crippen molar-refractivity contribution in [2.75, 3.05) is 4.90 Å². The number of hydrogen-bond donors (Lipinski definition) is 0. The molecule has 50 heavy (non-hydrogen) atoms. The van der Waals surface area contributed by atoms with Gasteiger partial charge in [0.25, 0.3) is 0 Å². The van der Waals surface area contributed by atoms with Crippen LogP contribution >= 0.6 is 0 Å². The maximum Gasteiger partial charge on any atom is 0.138 e. The summed E-state index contributed by atoms with van der Waals surface area (Å²) >= 11 is 0. The third-order valence-electron chi connectivity index (χ3n) is 11.0. The van der Waals surface area contributed by atoms with Crippen LogP contribution < -0.4 is 4.90 Å². The lowest BCUT2D eigenvalue weighted by Crippen LogP contribution is -2.21. The molecule has 0 saturated carbocycles. The molecule has 8 aromatic rings. The minimum atomic E-state index is -0.0163. The molecule has 238 valence electrons. The molecule has 2 aromatic heterocycles. The van der Waals surface area contributed by atoms with Crippen LogP contribution in [0.25, 0.3) is 61.0 Å². The summed E-state index contributed by atoms with van der Waals surface area (Å²) < 4.78 is 2.34. The predicted octanol–water partition coefficient (Wildman–Crippen LogP) is 11.8. The summed E-state index contributed by atoms with van der Waals surface area (Å²) in [5.74, 6) is 0.909. The molecular weight excluding hydrogens is 609 g/mol. The maximum absolute atomic E-state index is 5.00. The lowest BCUT2D eigenvalue weighted by atomic mass is 9.82. The molecule has 0 amide bonds. The SMILES string of the molecule is C=Nc1ccccc1N1Cc2ccc3c(c2-c2ccccc21)c1ccccc1n3-c1cc(-c2ccc3c(c2)-c2ccccc2C3(C)C)ccn1. The molecule has 0 saturated heterocycles. The van der Waals surface area contributed by atoms with E-state index in [4.69, 9.17) is 4.98 Å². The molecule has 0 spiro atoms. The number of aromatic nitrogens is 2. The Morgan fingerprint density at radius 3 is 2.24 bits per heavy atom. The van der Waals surface area contributed by atoms with E-state index in [1.165, 1.54) is 61.0 Å². The molecule has 1 aliphatic heterocycles. The Hall–Kier alpha value is -6.26. The first kappa shape index (κ1) is 28.7. The number of aliphatic imine (C=N–C) groups is 1. The number of pyridine rings is 1. The van der Waals surface area contributed by atoms with Gasteiger partial charge in [0.2, 0.25) is 0 Å². The molecule has 4 heteroatoms. The van der Waals surface area contributed by atoms with Crippen molar-refractivity contribution in [1.29, 1.82) is 0 Å². The second-order valence-electron chi connectivity index (χ2n) is 13.9. The summed E-state index contributed by atoms with van der Waals surface area (Å²) in [6.45, 7) is 9.26. The van der Waals surface area contributed by atoms with Crippen molar-refractivity contribution in [3.8, 4) is 39.2 Å². The minimum absolute atomic E-state index is 0.0163. The molecule has 0 N–H and O–H groups in total. The summed E-state index contributed by atoms with van der Waals surface area (Å²) in [4.78, 5) is 11.7. The van der Waals surface area contributed by atoms with Crippen LogP contribution in [0.4, 0.5) is 17.1 Å². The average molecular weight is 643 g/mol. The Balaban J connectivity index is 1.16. The third kappa shape index (κ3) is 3.99. The van der Waals surface area contributed by atoms with Crippen molar-refractivity contribution in [3.05, 3.63) is 162 Å². The van der Waals surface area contributed by atoms with Crippen molar-refractivity contribution in [3.63, 3.8) is 0 Å². The fraction of sp³-hybridized carbons (Fsp3) is 0.0870. The number of anilines is 2. The summed E-state index contributed by atoms with van der Waals surface area (Å²) in [5, 5.41) is 2.48. The average Bonchev–Trinajstić information content (AvgIpc) is 3.63. The zero-order valence-corrected chi connectivity index (χ0v) is 28.1. The standard InChI is InChI=1S/C46H34N4/c1-46(2)36-15-7-4-12-32(36)35-26-29(20-22-37(35)46)30-24-25-48-43(27-30)50-40-18-10-6-14-34(40)45-42(50)23-21-31-28-49(41-19-11-8-16-38(41)47-3)39-17-9-5-13-33(39)44(31)45/h4-27H,3,28H2,1-2H3. The van der Waals surface area contributed by atoms with Crippen molar-refractivity contribution in [2.45, 2.75) is 25.8 Å². The zero-order valence-electron chi connectivity index (χ0n) is 28.1. The van der Waals surface area contributed by atoms with Crippen LogP contribution in [0, 0.1) is 0 Å². The highest BCUT2D eigenvalue weighted by molar-refractivity contribution is 6.18. The van der Waals surface area contributed by atoms with E-state index >= 15 is 0 Å². The molecule has 0 bridgehead atoms. The highest BCUT2D eigenvalue weighted by Gasteiger charge is 2.35. The first-order valence-corrected chi connectivity index (χ1v) is 17.2. The van der Waals surface area contributed by atoms with Gasteiger partial charge < -0.3 is 4.90 Å². The maximum atomic E-state index is 5.00. The Kier molecular flexibility index (Phi) is 6.10. The summed E-state index contributed by atoms with van der Waals surface area (Å²) in [6, 6.07) is 50.5. The van der Waals surface area contributed by atoms with E-state index in [1.54, 1.807) is 0 Å². The van der Waals surface area contributed by atoms with Gasteiger partial charge in [-0.3, -0.25) is 9.56 Å². The molecule has 2 aliphatic rings. The van der Waals surface area contributed by atoms with Crippen molar-refractivity contribution in [2.24, 2.45) is 4.99 Å². The highest BCUT2D eigenvalue weighted by atomic mass is 15.2. The molecule has 0 unspecified atom stereocenters. The summed E-state index contributed by atoms with van der Waals surface area (Å²) in [7, 11) is 0. The van der Waals surface area contributed by atoms with Gasteiger partial charge in [0.05, 0.1) is 22.4 Å². The summed E-state index contributed by atoms with van der Waals surface area (Å²) in [5.41, 5.74) is 16.9. The van der Waals surface area contributed by atoms with Crippen LogP contribution in [0.1, 0.15) is 30.5 Å². The van der Waals surface area contributed by atoms with E-state index in [0.717, 1.165) is 40.3 Å². The molecule has 4 nitrogen and oxygen atoms in total. The Morgan fingerprint density at radius 1 is 0.640 bits per heavy atom.